The van der Waals surface area contributed by atoms with Crippen molar-refractivity contribution in [2.45, 2.75) is 200 Å². The van der Waals surface area contributed by atoms with Crippen LogP contribution in [0.25, 0.3) is 0 Å². The minimum Gasteiger partial charge on any atom is -0.462 e. The fourth-order valence-corrected chi connectivity index (χ4v) is 6.89. The highest BCUT2D eigenvalue weighted by molar-refractivity contribution is 7.47. The van der Waals surface area contributed by atoms with Crippen molar-refractivity contribution in [1.29, 1.82) is 0 Å². The van der Waals surface area contributed by atoms with Crippen molar-refractivity contribution >= 4 is 19.8 Å². The van der Waals surface area contributed by atoms with Gasteiger partial charge in [0.25, 0.3) is 0 Å². The predicted molar refractivity (Wildman–Crippen MR) is 247 cm³/mol. The number of unbranched alkanes of at least 4 members (excludes halogenated alkanes) is 18. The van der Waals surface area contributed by atoms with Crippen molar-refractivity contribution in [3.63, 3.8) is 0 Å². The van der Waals surface area contributed by atoms with Crippen LogP contribution in [0.15, 0.2) is 72.9 Å². The molecule has 0 aliphatic heterocycles. The molecule has 0 spiro atoms. The van der Waals surface area contributed by atoms with Crippen LogP contribution in [0, 0.1) is 0 Å². The molecule has 0 heterocycles. The summed E-state index contributed by atoms with van der Waals surface area (Å²) in [4.78, 5) is 35.0. The molecule has 0 aromatic heterocycles. The van der Waals surface area contributed by atoms with Gasteiger partial charge < -0.3 is 20.1 Å². The topological polar surface area (TPSA) is 134 Å². The number of phosphoric acid groups is 1. The summed E-state index contributed by atoms with van der Waals surface area (Å²) in [6.07, 6.45) is 55.0. The second-order valence-corrected chi connectivity index (χ2v) is 16.7. The van der Waals surface area contributed by atoms with E-state index in [1.807, 2.05) is 0 Å². The first kappa shape index (κ1) is 56.5. The maximum Gasteiger partial charge on any atom is 0.472 e. The van der Waals surface area contributed by atoms with Crippen molar-refractivity contribution in [2.24, 2.45) is 5.73 Å². The van der Waals surface area contributed by atoms with E-state index in [-0.39, 0.29) is 32.6 Å². The number of allylic oxidation sites excluding steroid dienone is 12. The zero-order chi connectivity index (χ0) is 43.2. The SMILES string of the molecule is CC/C=C\C/C=C\C/C=C\C/C=C\C/C=C\CCCCCCCC(=O)OC(COC(=O)CCCCCCCCC/C=C\CCCCCCCC)COP(=O)(O)OCCN. The van der Waals surface area contributed by atoms with Crippen molar-refractivity contribution in [3.05, 3.63) is 72.9 Å². The van der Waals surface area contributed by atoms with Gasteiger partial charge in [0, 0.05) is 19.4 Å². The summed E-state index contributed by atoms with van der Waals surface area (Å²) in [5.41, 5.74) is 5.35. The molecular formula is C49H86NO8P. The summed E-state index contributed by atoms with van der Waals surface area (Å²) < 4.78 is 32.8. The van der Waals surface area contributed by atoms with Gasteiger partial charge in [-0.3, -0.25) is 18.6 Å². The van der Waals surface area contributed by atoms with Crippen LogP contribution in [0.3, 0.4) is 0 Å². The molecule has 0 saturated carbocycles. The molecule has 9 nitrogen and oxygen atoms in total. The monoisotopic (exact) mass is 848 g/mol. The van der Waals surface area contributed by atoms with Crippen LogP contribution in [0.5, 0.6) is 0 Å². The highest BCUT2D eigenvalue weighted by Gasteiger charge is 2.26. The maximum absolute atomic E-state index is 12.6. The second kappa shape index (κ2) is 45.0. The lowest BCUT2D eigenvalue weighted by Gasteiger charge is -2.19. The number of hydrogen-bond acceptors (Lipinski definition) is 8. The van der Waals surface area contributed by atoms with Crippen LogP contribution in [-0.4, -0.2) is 49.3 Å². The Kier molecular flexibility index (Phi) is 43.0. The Labute approximate surface area is 361 Å². The average molecular weight is 848 g/mol. The number of ether oxygens (including phenoxy) is 2. The van der Waals surface area contributed by atoms with Crippen molar-refractivity contribution in [1.82, 2.24) is 0 Å². The van der Waals surface area contributed by atoms with Crippen LogP contribution in [0.2, 0.25) is 0 Å². The van der Waals surface area contributed by atoms with Gasteiger partial charge in [0.15, 0.2) is 6.10 Å². The molecule has 10 heteroatoms. The van der Waals surface area contributed by atoms with E-state index in [4.69, 9.17) is 24.3 Å². The summed E-state index contributed by atoms with van der Waals surface area (Å²) in [6.45, 7) is 3.59. The Balaban J connectivity index is 4.17. The molecule has 0 saturated heterocycles. The highest BCUT2D eigenvalue weighted by Crippen LogP contribution is 2.43. The molecule has 0 fully saturated rings. The number of esters is 2. The third-order valence-corrected chi connectivity index (χ3v) is 10.6. The predicted octanol–water partition coefficient (Wildman–Crippen LogP) is 13.8. The smallest absolute Gasteiger partial charge is 0.462 e. The van der Waals surface area contributed by atoms with Gasteiger partial charge in [-0.2, -0.15) is 0 Å². The molecular weight excluding hydrogens is 762 g/mol. The highest BCUT2D eigenvalue weighted by atomic mass is 31.2. The Morgan fingerprint density at radius 3 is 1.41 bits per heavy atom. The molecule has 0 radical (unpaired) electrons. The molecule has 59 heavy (non-hydrogen) atoms. The van der Waals surface area contributed by atoms with Crippen LogP contribution in [-0.2, 0) is 32.7 Å². The molecule has 0 rings (SSSR count). The number of nitrogens with two attached hydrogens (primary N) is 1. The van der Waals surface area contributed by atoms with E-state index in [1.54, 1.807) is 0 Å². The Bertz CT molecular complexity index is 1190. The number of carbonyl (C=O) groups excluding carboxylic acids is 2. The van der Waals surface area contributed by atoms with Gasteiger partial charge in [-0.05, 0) is 83.5 Å². The van der Waals surface area contributed by atoms with Crippen LogP contribution in [0.1, 0.15) is 194 Å². The molecule has 2 atom stereocenters. The average Bonchev–Trinajstić information content (AvgIpc) is 3.22. The molecule has 3 N–H and O–H groups in total. The van der Waals surface area contributed by atoms with E-state index < -0.39 is 32.5 Å². The molecule has 0 aromatic rings. The summed E-state index contributed by atoms with van der Waals surface area (Å²) in [5.74, 6) is -0.858. The lowest BCUT2D eigenvalue weighted by molar-refractivity contribution is -0.161. The Hall–Kier alpha value is -2.55. The molecule has 0 aliphatic carbocycles. The summed E-state index contributed by atoms with van der Waals surface area (Å²) in [5, 5.41) is 0. The van der Waals surface area contributed by atoms with E-state index in [0.717, 1.165) is 96.3 Å². The number of phosphoric ester groups is 1. The Morgan fingerprint density at radius 1 is 0.525 bits per heavy atom. The quantitative estimate of drug-likeness (QED) is 0.0266. The normalized spacial score (nSPS) is 13.9. The summed E-state index contributed by atoms with van der Waals surface area (Å²) >= 11 is 0. The van der Waals surface area contributed by atoms with E-state index in [9.17, 15) is 19.0 Å². The van der Waals surface area contributed by atoms with Gasteiger partial charge in [-0.25, -0.2) is 4.57 Å². The minimum absolute atomic E-state index is 0.0459. The first-order valence-corrected chi connectivity index (χ1v) is 24.9. The number of carbonyl (C=O) groups is 2. The fraction of sp³-hybridized carbons (Fsp3) is 0.714. The summed E-state index contributed by atoms with van der Waals surface area (Å²) in [7, 11) is -4.39. The van der Waals surface area contributed by atoms with E-state index in [2.05, 4.69) is 86.8 Å². The third-order valence-electron chi connectivity index (χ3n) is 9.58. The van der Waals surface area contributed by atoms with E-state index >= 15 is 0 Å². The van der Waals surface area contributed by atoms with Gasteiger partial charge in [0.2, 0.25) is 0 Å². The third kappa shape index (κ3) is 44.8. The van der Waals surface area contributed by atoms with Gasteiger partial charge >= 0.3 is 19.8 Å². The molecule has 0 aromatic carbocycles. The number of hydrogen-bond donors (Lipinski definition) is 2. The van der Waals surface area contributed by atoms with Gasteiger partial charge in [0.05, 0.1) is 13.2 Å². The number of rotatable bonds is 43. The molecule has 0 aliphatic rings. The van der Waals surface area contributed by atoms with Crippen molar-refractivity contribution < 1.29 is 37.6 Å². The molecule has 0 bridgehead atoms. The lowest BCUT2D eigenvalue weighted by atomic mass is 10.1. The van der Waals surface area contributed by atoms with Gasteiger partial charge in [-0.1, -0.05) is 170 Å². The molecule has 340 valence electrons. The summed E-state index contributed by atoms with van der Waals surface area (Å²) in [6, 6.07) is 0. The first-order valence-electron chi connectivity index (χ1n) is 23.4. The zero-order valence-electron chi connectivity index (χ0n) is 37.5. The first-order chi connectivity index (χ1) is 28.8. The van der Waals surface area contributed by atoms with Crippen LogP contribution >= 0.6 is 7.82 Å². The van der Waals surface area contributed by atoms with Gasteiger partial charge in [0.1, 0.15) is 6.61 Å². The van der Waals surface area contributed by atoms with E-state index in [1.165, 1.54) is 64.2 Å². The standard InChI is InChI=1S/C49H86NO8P/c1-3-5-7-9-11-13-15-17-19-21-22-23-24-26-28-30-32-34-36-38-40-42-49(52)58-47(46-57-59(53,54)56-44-43-50)45-55-48(51)41-39-37-35-33-31-29-27-25-20-18-16-14-12-10-8-6-4-2/h5,7,11,13,17-20,22-23,26,28,47H,3-4,6,8-10,12,14-16,21,24-25,27,29-46,50H2,1-2H3,(H,53,54)/b7-5-,13-11-,19-17-,20-18-,23-22-,28-26-. The Morgan fingerprint density at radius 2 is 0.932 bits per heavy atom. The minimum atomic E-state index is -4.39. The van der Waals surface area contributed by atoms with Gasteiger partial charge in [-0.15, -0.1) is 0 Å². The second-order valence-electron chi connectivity index (χ2n) is 15.2. The maximum atomic E-state index is 12.6. The van der Waals surface area contributed by atoms with Crippen LogP contribution in [0.4, 0.5) is 0 Å². The fourth-order valence-electron chi connectivity index (χ4n) is 6.13. The molecule has 2 unspecified atom stereocenters. The largest absolute Gasteiger partial charge is 0.472 e. The molecule has 0 amide bonds. The van der Waals surface area contributed by atoms with Crippen molar-refractivity contribution in [2.75, 3.05) is 26.4 Å². The zero-order valence-corrected chi connectivity index (χ0v) is 38.4. The lowest BCUT2D eigenvalue weighted by Crippen LogP contribution is -2.29. The van der Waals surface area contributed by atoms with Crippen LogP contribution < -0.4 is 5.73 Å². The van der Waals surface area contributed by atoms with E-state index in [0.29, 0.717) is 6.42 Å². The van der Waals surface area contributed by atoms with Crippen molar-refractivity contribution in [3.8, 4) is 0 Å².